The Labute approximate surface area is 187 Å². The Bertz CT molecular complexity index is 432. The normalized spacial score (nSPS) is 18.3. The number of alkyl carbamates (subject to hydrolysis) is 1. The molecule has 0 radical (unpaired) electrons. The predicted molar refractivity (Wildman–Crippen MR) is 129 cm³/mol. The fraction of sp³-hybridized carbons (Fsp3) is 0.962. The summed E-state index contributed by atoms with van der Waals surface area (Å²) in [6, 6.07) is 0.181. The summed E-state index contributed by atoms with van der Waals surface area (Å²) in [5.74, 6) is 0. The average Bonchev–Trinajstić information content (AvgIpc) is 2.62. The quantitative estimate of drug-likeness (QED) is 0.252. The summed E-state index contributed by atoms with van der Waals surface area (Å²) in [5, 5.41) is 6.72. The highest BCUT2D eigenvalue weighted by Crippen LogP contribution is 2.28. The van der Waals surface area contributed by atoms with Gasteiger partial charge in [0, 0.05) is 17.1 Å². The van der Waals surface area contributed by atoms with Crippen molar-refractivity contribution in [3.05, 3.63) is 0 Å². The molecule has 1 aliphatic rings. The number of ether oxygens (including phenoxy) is 1. The first kappa shape index (κ1) is 27.3. The number of piperidine rings is 1. The second-order valence-corrected chi connectivity index (χ2v) is 10.9. The van der Waals surface area contributed by atoms with E-state index in [0.717, 1.165) is 25.7 Å². The van der Waals surface area contributed by atoms with Gasteiger partial charge in [0.15, 0.2) is 0 Å². The van der Waals surface area contributed by atoms with Gasteiger partial charge >= 0.3 is 6.09 Å². The second kappa shape index (κ2) is 15.1. The maximum absolute atomic E-state index is 12.1. The summed E-state index contributed by atoms with van der Waals surface area (Å²) in [7, 11) is 0. The molecule has 0 unspecified atom stereocenters. The Morgan fingerprint density at radius 1 is 0.767 bits per heavy atom. The van der Waals surface area contributed by atoms with Gasteiger partial charge in [-0.05, 0) is 47.0 Å². The summed E-state index contributed by atoms with van der Waals surface area (Å²) in [5.41, 5.74) is 0.0721. The van der Waals surface area contributed by atoms with Gasteiger partial charge in [-0.1, -0.05) is 90.4 Å². The second-order valence-electron chi connectivity index (χ2n) is 10.9. The number of nitrogens with one attached hydrogen (secondary N) is 2. The molecule has 0 aliphatic carbocycles. The van der Waals surface area contributed by atoms with Crippen LogP contribution in [0.3, 0.4) is 0 Å². The topological polar surface area (TPSA) is 50.4 Å². The van der Waals surface area contributed by atoms with E-state index in [1.807, 2.05) is 0 Å². The third-order valence-corrected chi connectivity index (χ3v) is 6.24. The average molecular weight is 425 g/mol. The molecule has 0 aromatic carbocycles. The van der Waals surface area contributed by atoms with Crippen LogP contribution in [0, 0.1) is 0 Å². The van der Waals surface area contributed by atoms with Gasteiger partial charge in [0.1, 0.15) is 0 Å². The molecule has 0 saturated carbocycles. The Kier molecular flexibility index (Phi) is 13.7. The molecule has 0 aromatic heterocycles. The number of carbonyl (C=O) groups is 1. The van der Waals surface area contributed by atoms with Crippen molar-refractivity contribution in [1.82, 2.24) is 10.6 Å². The fourth-order valence-corrected chi connectivity index (χ4v) is 5.09. The van der Waals surface area contributed by atoms with Crippen molar-refractivity contribution in [1.29, 1.82) is 0 Å². The van der Waals surface area contributed by atoms with Gasteiger partial charge in [0.05, 0.1) is 6.61 Å². The number of unbranched alkanes of at least 4 members (excludes halogenated alkanes) is 13. The molecular weight excluding hydrogens is 372 g/mol. The first-order chi connectivity index (χ1) is 14.2. The van der Waals surface area contributed by atoms with E-state index in [1.165, 1.54) is 77.0 Å². The zero-order valence-electron chi connectivity index (χ0n) is 20.9. The third kappa shape index (κ3) is 14.3. The molecular formula is C26H52N2O2. The summed E-state index contributed by atoms with van der Waals surface area (Å²) in [6.45, 7) is 11.6. The van der Waals surface area contributed by atoms with Gasteiger partial charge in [-0.15, -0.1) is 0 Å². The van der Waals surface area contributed by atoms with Gasteiger partial charge in [-0.3, -0.25) is 0 Å². The number of rotatable bonds is 16. The van der Waals surface area contributed by atoms with Gasteiger partial charge < -0.3 is 15.4 Å². The molecule has 4 nitrogen and oxygen atoms in total. The Balaban J connectivity index is 1.90. The number of amides is 1. The van der Waals surface area contributed by atoms with E-state index in [1.54, 1.807) is 0 Å². The molecule has 1 amide bonds. The molecule has 0 spiro atoms. The standard InChI is InChI=1S/C26H52N2O2/c1-6-7-8-9-10-11-12-13-14-15-16-17-18-19-20-30-24(29)27-23-21-25(2,3)28-26(4,5)22-23/h23,28H,6-22H2,1-5H3,(H,27,29). The number of carbonyl (C=O) groups excluding carboxylic acids is 1. The van der Waals surface area contributed by atoms with Crippen molar-refractivity contribution in [3.63, 3.8) is 0 Å². The highest BCUT2D eigenvalue weighted by atomic mass is 16.5. The molecule has 4 heteroatoms. The summed E-state index contributed by atoms with van der Waals surface area (Å²) >= 11 is 0. The molecule has 2 N–H and O–H groups in total. The zero-order chi connectivity index (χ0) is 22.3. The van der Waals surface area contributed by atoms with Crippen molar-refractivity contribution >= 4 is 6.09 Å². The van der Waals surface area contributed by atoms with Gasteiger partial charge in [0.2, 0.25) is 0 Å². The van der Waals surface area contributed by atoms with E-state index in [9.17, 15) is 4.79 Å². The van der Waals surface area contributed by atoms with Crippen LogP contribution in [0.1, 0.15) is 137 Å². The van der Waals surface area contributed by atoms with Crippen LogP contribution >= 0.6 is 0 Å². The molecule has 30 heavy (non-hydrogen) atoms. The first-order valence-electron chi connectivity index (χ1n) is 13.0. The Morgan fingerprint density at radius 3 is 1.60 bits per heavy atom. The molecule has 178 valence electrons. The lowest BCUT2D eigenvalue weighted by atomic mass is 9.80. The van der Waals surface area contributed by atoms with Gasteiger partial charge in [-0.2, -0.15) is 0 Å². The van der Waals surface area contributed by atoms with Crippen LogP contribution in [0.5, 0.6) is 0 Å². The van der Waals surface area contributed by atoms with Gasteiger partial charge in [0.25, 0.3) is 0 Å². The summed E-state index contributed by atoms with van der Waals surface area (Å²) in [4.78, 5) is 12.1. The lowest BCUT2D eigenvalue weighted by Crippen LogP contribution is -2.62. The molecule has 1 heterocycles. The van der Waals surface area contributed by atoms with E-state index < -0.39 is 0 Å². The molecule has 1 fully saturated rings. The molecule has 0 bridgehead atoms. The van der Waals surface area contributed by atoms with Gasteiger partial charge in [-0.25, -0.2) is 4.79 Å². The SMILES string of the molecule is CCCCCCCCCCCCCCCCOC(=O)NC1CC(C)(C)NC(C)(C)C1. The van der Waals surface area contributed by atoms with Crippen molar-refractivity contribution in [3.8, 4) is 0 Å². The summed E-state index contributed by atoms with van der Waals surface area (Å²) < 4.78 is 5.42. The highest BCUT2D eigenvalue weighted by molar-refractivity contribution is 5.67. The fourth-order valence-electron chi connectivity index (χ4n) is 5.09. The van der Waals surface area contributed by atoms with Crippen LogP contribution in [-0.2, 0) is 4.74 Å². The van der Waals surface area contributed by atoms with Crippen molar-refractivity contribution in [2.45, 2.75) is 154 Å². The minimum Gasteiger partial charge on any atom is -0.450 e. The van der Waals surface area contributed by atoms with E-state index in [4.69, 9.17) is 4.74 Å². The molecule has 1 aliphatic heterocycles. The maximum atomic E-state index is 12.1. The van der Waals surface area contributed by atoms with Crippen LogP contribution in [-0.4, -0.2) is 29.8 Å². The van der Waals surface area contributed by atoms with E-state index >= 15 is 0 Å². The first-order valence-corrected chi connectivity index (χ1v) is 13.0. The lowest BCUT2D eigenvalue weighted by molar-refractivity contribution is 0.115. The van der Waals surface area contributed by atoms with Crippen molar-refractivity contribution in [2.75, 3.05) is 6.61 Å². The van der Waals surface area contributed by atoms with E-state index in [0.29, 0.717) is 6.61 Å². The molecule has 0 aromatic rings. The maximum Gasteiger partial charge on any atom is 0.407 e. The Morgan fingerprint density at radius 2 is 1.17 bits per heavy atom. The molecule has 0 atom stereocenters. The monoisotopic (exact) mass is 424 g/mol. The summed E-state index contributed by atoms with van der Waals surface area (Å²) in [6.07, 6.45) is 20.4. The van der Waals surface area contributed by atoms with Crippen LogP contribution in [0.15, 0.2) is 0 Å². The third-order valence-electron chi connectivity index (χ3n) is 6.24. The Hall–Kier alpha value is -0.770. The number of hydrogen-bond donors (Lipinski definition) is 2. The highest BCUT2D eigenvalue weighted by Gasteiger charge is 2.38. The zero-order valence-corrected chi connectivity index (χ0v) is 20.9. The van der Waals surface area contributed by atoms with Crippen LogP contribution in [0.2, 0.25) is 0 Å². The minimum atomic E-state index is -0.247. The largest absolute Gasteiger partial charge is 0.450 e. The molecule has 1 saturated heterocycles. The smallest absolute Gasteiger partial charge is 0.407 e. The van der Waals surface area contributed by atoms with Crippen molar-refractivity contribution in [2.24, 2.45) is 0 Å². The molecule has 1 rings (SSSR count). The van der Waals surface area contributed by atoms with Crippen LogP contribution < -0.4 is 10.6 Å². The van der Waals surface area contributed by atoms with Crippen LogP contribution in [0.25, 0.3) is 0 Å². The van der Waals surface area contributed by atoms with Crippen LogP contribution in [0.4, 0.5) is 4.79 Å². The minimum absolute atomic E-state index is 0.0360. The predicted octanol–water partition coefficient (Wildman–Crippen LogP) is 7.50. The van der Waals surface area contributed by atoms with E-state index in [-0.39, 0.29) is 23.2 Å². The number of hydrogen-bond acceptors (Lipinski definition) is 3. The van der Waals surface area contributed by atoms with E-state index in [2.05, 4.69) is 45.3 Å². The lowest BCUT2D eigenvalue weighted by Gasteiger charge is -2.46. The van der Waals surface area contributed by atoms with Crippen molar-refractivity contribution < 1.29 is 9.53 Å².